The SMILES string of the molecule is Nc1ccc(F)c(-c2[nH]ncc2-c2ccncc2)c1F. The first-order valence-corrected chi connectivity index (χ1v) is 5.86. The van der Waals surface area contributed by atoms with Gasteiger partial charge in [0.1, 0.15) is 5.82 Å². The van der Waals surface area contributed by atoms with E-state index in [1.807, 2.05) is 0 Å². The van der Waals surface area contributed by atoms with Gasteiger partial charge in [-0.15, -0.1) is 0 Å². The number of hydrogen-bond acceptors (Lipinski definition) is 3. The lowest BCUT2D eigenvalue weighted by molar-refractivity contribution is 0.591. The highest BCUT2D eigenvalue weighted by molar-refractivity contribution is 5.81. The number of anilines is 1. The van der Waals surface area contributed by atoms with Crippen molar-refractivity contribution in [3.63, 3.8) is 0 Å². The average molecular weight is 272 g/mol. The Bertz CT molecular complexity index is 753. The van der Waals surface area contributed by atoms with Gasteiger partial charge in [0, 0.05) is 18.0 Å². The van der Waals surface area contributed by atoms with Crippen molar-refractivity contribution in [2.24, 2.45) is 0 Å². The molecule has 0 radical (unpaired) electrons. The van der Waals surface area contributed by atoms with E-state index in [1.165, 1.54) is 12.3 Å². The molecular formula is C14H10F2N4. The number of nitrogens with zero attached hydrogens (tertiary/aromatic N) is 2. The highest BCUT2D eigenvalue weighted by Crippen LogP contribution is 2.34. The van der Waals surface area contributed by atoms with Gasteiger partial charge in [-0.1, -0.05) is 0 Å². The maximum Gasteiger partial charge on any atom is 0.158 e. The van der Waals surface area contributed by atoms with E-state index in [1.54, 1.807) is 24.5 Å². The molecule has 3 aromatic rings. The van der Waals surface area contributed by atoms with Gasteiger partial charge in [-0.3, -0.25) is 10.1 Å². The predicted molar refractivity (Wildman–Crippen MR) is 71.6 cm³/mol. The fourth-order valence-corrected chi connectivity index (χ4v) is 2.02. The number of hydrogen-bond donors (Lipinski definition) is 2. The number of aromatic amines is 1. The number of aromatic nitrogens is 3. The van der Waals surface area contributed by atoms with Crippen molar-refractivity contribution >= 4 is 5.69 Å². The fourth-order valence-electron chi connectivity index (χ4n) is 2.02. The van der Waals surface area contributed by atoms with Crippen molar-refractivity contribution in [2.75, 3.05) is 5.73 Å². The zero-order valence-corrected chi connectivity index (χ0v) is 10.3. The first-order valence-electron chi connectivity index (χ1n) is 5.86. The predicted octanol–water partition coefficient (Wildman–Crippen LogP) is 3.00. The first kappa shape index (κ1) is 12.3. The van der Waals surface area contributed by atoms with E-state index in [-0.39, 0.29) is 16.9 Å². The lowest BCUT2D eigenvalue weighted by atomic mass is 10.0. The second-order valence-corrected chi connectivity index (χ2v) is 4.22. The fraction of sp³-hybridized carbons (Fsp3) is 0. The van der Waals surface area contributed by atoms with Crippen LogP contribution in [0.3, 0.4) is 0 Å². The van der Waals surface area contributed by atoms with Crippen LogP contribution < -0.4 is 5.73 Å². The quantitative estimate of drug-likeness (QED) is 0.705. The summed E-state index contributed by atoms with van der Waals surface area (Å²) in [6.45, 7) is 0. The Hall–Kier alpha value is -2.76. The molecule has 3 N–H and O–H groups in total. The number of rotatable bonds is 2. The number of H-pyrrole nitrogens is 1. The molecule has 0 aliphatic heterocycles. The molecule has 0 aliphatic carbocycles. The summed E-state index contributed by atoms with van der Waals surface area (Å²) in [5.41, 5.74) is 6.75. The van der Waals surface area contributed by atoms with E-state index in [2.05, 4.69) is 15.2 Å². The zero-order valence-electron chi connectivity index (χ0n) is 10.3. The summed E-state index contributed by atoms with van der Waals surface area (Å²) in [7, 11) is 0. The first-order chi connectivity index (χ1) is 9.68. The van der Waals surface area contributed by atoms with Gasteiger partial charge in [0.15, 0.2) is 5.82 Å². The second-order valence-electron chi connectivity index (χ2n) is 4.22. The molecule has 20 heavy (non-hydrogen) atoms. The second kappa shape index (κ2) is 4.73. The van der Waals surface area contributed by atoms with Gasteiger partial charge >= 0.3 is 0 Å². The largest absolute Gasteiger partial charge is 0.396 e. The van der Waals surface area contributed by atoms with E-state index in [9.17, 15) is 8.78 Å². The lowest BCUT2D eigenvalue weighted by Gasteiger charge is -2.08. The van der Waals surface area contributed by atoms with E-state index >= 15 is 0 Å². The Morgan fingerprint density at radius 3 is 2.55 bits per heavy atom. The molecule has 2 aromatic heterocycles. The van der Waals surface area contributed by atoms with Crippen LogP contribution in [0.1, 0.15) is 0 Å². The van der Waals surface area contributed by atoms with Crippen LogP contribution in [0.4, 0.5) is 14.5 Å². The third-order valence-electron chi connectivity index (χ3n) is 3.00. The van der Waals surface area contributed by atoms with Gasteiger partial charge < -0.3 is 5.73 Å². The molecule has 0 unspecified atom stereocenters. The maximum absolute atomic E-state index is 14.1. The number of nitrogen functional groups attached to an aromatic ring is 1. The van der Waals surface area contributed by atoms with Gasteiger partial charge in [0.25, 0.3) is 0 Å². The minimum absolute atomic E-state index is 0.114. The normalized spacial score (nSPS) is 10.7. The molecule has 0 spiro atoms. The standard InChI is InChI=1S/C14H10F2N4/c15-10-1-2-11(17)13(16)12(10)14-9(7-19-20-14)8-3-5-18-6-4-8/h1-7H,17H2,(H,19,20). The molecule has 1 aromatic carbocycles. The van der Waals surface area contributed by atoms with Gasteiger partial charge in [0.05, 0.1) is 23.1 Å². The van der Waals surface area contributed by atoms with Crippen molar-refractivity contribution in [3.05, 3.63) is 54.5 Å². The summed E-state index contributed by atoms with van der Waals surface area (Å²) in [6, 6.07) is 5.79. The molecule has 2 heterocycles. The molecule has 0 atom stereocenters. The summed E-state index contributed by atoms with van der Waals surface area (Å²) in [6.07, 6.45) is 4.70. The third-order valence-corrected chi connectivity index (χ3v) is 3.00. The lowest BCUT2D eigenvalue weighted by Crippen LogP contribution is -1.98. The number of pyridine rings is 1. The van der Waals surface area contributed by atoms with Crippen LogP contribution in [0.5, 0.6) is 0 Å². The molecule has 4 nitrogen and oxygen atoms in total. The average Bonchev–Trinajstić information content (AvgIpc) is 2.94. The number of benzene rings is 1. The van der Waals surface area contributed by atoms with Crippen molar-refractivity contribution in [1.82, 2.24) is 15.2 Å². The summed E-state index contributed by atoms with van der Waals surface area (Å²) in [5, 5.41) is 6.49. The molecule has 6 heteroatoms. The minimum Gasteiger partial charge on any atom is -0.396 e. The molecule has 0 bridgehead atoms. The Kier molecular flexibility index (Phi) is 2.90. The number of nitrogens with one attached hydrogen (secondary N) is 1. The van der Waals surface area contributed by atoms with Crippen LogP contribution in [0.15, 0.2) is 42.9 Å². The van der Waals surface area contributed by atoms with Gasteiger partial charge in [-0.2, -0.15) is 5.10 Å². The molecular weight excluding hydrogens is 262 g/mol. The topological polar surface area (TPSA) is 67.6 Å². The molecule has 100 valence electrons. The van der Waals surface area contributed by atoms with E-state index in [4.69, 9.17) is 5.73 Å². The monoisotopic (exact) mass is 272 g/mol. The molecule has 3 rings (SSSR count). The Morgan fingerprint density at radius 2 is 1.80 bits per heavy atom. The molecule has 0 saturated heterocycles. The van der Waals surface area contributed by atoms with Crippen molar-refractivity contribution < 1.29 is 8.78 Å². The smallest absolute Gasteiger partial charge is 0.158 e. The van der Waals surface area contributed by atoms with E-state index in [0.29, 0.717) is 5.56 Å². The van der Waals surface area contributed by atoms with Crippen molar-refractivity contribution in [2.45, 2.75) is 0 Å². The van der Waals surface area contributed by atoms with Gasteiger partial charge in [0.2, 0.25) is 0 Å². The number of nitrogens with two attached hydrogens (primary N) is 1. The van der Waals surface area contributed by atoms with Crippen LogP contribution in [-0.2, 0) is 0 Å². The van der Waals surface area contributed by atoms with Crippen LogP contribution in [0, 0.1) is 11.6 Å². The van der Waals surface area contributed by atoms with E-state index < -0.39 is 11.6 Å². The maximum atomic E-state index is 14.1. The summed E-state index contributed by atoms with van der Waals surface area (Å²) < 4.78 is 28.0. The summed E-state index contributed by atoms with van der Waals surface area (Å²) in [5.74, 6) is -1.50. The van der Waals surface area contributed by atoms with Gasteiger partial charge in [-0.25, -0.2) is 8.78 Å². The van der Waals surface area contributed by atoms with E-state index in [0.717, 1.165) is 11.6 Å². The van der Waals surface area contributed by atoms with Crippen molar-refractivity contribution in [3.8, 4) is 22.4 Å². The Morgan fingerprint density at radius 1 is 1.05 bits per heavy atom. The van der Waals surface area contributed by atoms with Crippen molar-refractivity contribution in [1.29, 1.82) is 0 Å². The molecule has 0 aliphatic rings. The summed E-state index contributed by atoms with van der Waals surface area (Å²) in [4.78, 5) is 3.91. The Labute approximate surface area is 113 Å². The Balaban J connectivity index is 2.24. The third kappa shape index (κ3) is 1.91. The van der Waals surface area contributed by atoms with Crippen LogP contribution >= 0.6 is 0 Å². The van der Waals surface area contributed by atoms with Crippen LogP contribution in [0.25, 0.3) is 22.4 Å². The highest BCUT2D eigenvalue weighted by atomic mass is 19.1. The molecule has 0 fully saturated rings. The molecule has 0 saturated carbocycles. The van der Waals surface area contributed by atoms with Gasteiger partial charge in [-0.05, 0) is 29.8 Å². The molecule has 0 amide bonds. The minimum atomic E-state index is -0.801. The van der Waals surface area contributed by atoms with Crippen LogP contribution in [-0.4, -0.2) is 15.2 Å². The zero-order chi connectivity index (χ0) is 14.1. The number of halogens is 2. The highest BCUT2D eigenvalue weighted by Gasteiger charge is 2.19. The van der Waals surface area contributed by atoms with Crippen LogP contribution in [0.2, 0.25) is 0 Å². The summed E-state index contributed by atoms with van der Waals surface area (Å²) >= 11 is 0.